The molecule has 0 heterocycles. The Morgan fingerprint density at radius 2 is 1.88 bits per heavy atom. The van der Waals surface area contributed by atoms with Gasteiger partial charge in [0, 0.05) is 25.2 Å². The van der Waals surface area contributed by atoms with Crippen LogP contribution in [0.25, 0.3) is 0 Å². The number of rotatable bonds is 12. The topological polar surface area (TPSA) is 157 Å². The van der Waals surface area contributed by atoms with Crippen LogP contribution in [0.2, 0.25) is 0 Å². The zero-order valence-electron chi connectivity index (χ0n) is 19.4. The van der Waals surface area contributed by atoms with Gasteiger partial charge in [0.15, 0.2) is 0 Å². The Balaban J connectivity index is 2.38. The third-order valence-corrected chi connectivity index (χ3v) is 7.28. The highest BCUT2D eigenvalue weighted by molar-refractivity contribution is 7.89. The molecule has 1 amide bonds. The van der Waals surface area contributed by atoms with E-state index in [0.29, 0.717) is 6.42 Å². The fraction of sp³-hybridized carbons (Fsp3) is 0.417. The van der Waals surface area contributed by atoms with Gasteiger partial charge in [0.25, 0.3) is 0 Å². The third kappa shape index (κ3) is 8.02. The molecule has 2 aromatic carbocycles. The molecule has 0 saturated heterocycles. The predicted molar refractivity (Wildman–Crippen MR) is 129 cm³/mol. The molecule has 2 aromatic rings. The molecule has 0 saturated carbocycles. The third-order valence-electron chi connectivity index (χ3n) is 5.48. The number of hydrogen-bond acceptors (Lipinski definition) is 6. The average molecular weight is 489 g/mol. The van der Waals surface area contributed by atoms with Gasteiger partial charge < -0.3 is 21.3 Å². The van der Waals surface area contributed by atoms with Gasteiger partial charge in [-0.25, -0.2) is 13.2 Å². The summed E-state index contributed by atoms with van der Waals surface area (Å²) in [4.78, 5) is 11.4. The van der Waals surface area contributed by atoms with E-state index in [9.17, 15) is 23.4 Å². The molecule has 0 bridgehead atoms. The minimum absolute atomic E-state index is 0.0218. The van der Waals surface area contributed by atoms with E-state index < -0.39 is 33.7 Å². The largest absolute Gasteiger partial charge is 0.465 e. The Bertz CT molecular complexity index is 1100. The number of nitrogens with one attached hydrogen (secondary N) is 1. The minimum Gasteiger partial charge on any atom is -0.465 e. The second-order valence-corrected chi connectivity index (χ2v) is 10.9. The predicted octanol–water partition coefficient (Wildman–Crippen LogP) is 2.83. The molecule has 0 radical (unpaired) electrons. The van der Waals surface area contributed by atoms with Crippen molar-refractivity contribution in [1.82, 2.24) is 9.62 Å². The maximum atomic E-state index is 13.5. The summed E-state index contributed by atoms with van der Waals surface area (Å²) >= 11 is 0. The van der Waals surface area contributed by atoms with Crippen LogP contribution in [0.5, 0.6) is 0 Å². The van der Waals surface area contributed by atoms with E-state index in [-0.39, 0.29) is 36.5 Å². The molecular weight excluding hydrogens is 456 g/mol. The van der Waals surface area contributed by atoms with E-state index in [1.165, 1.54) is 18.2 Å². The minimum atomic E-state index is -4.08. The standard InChI is InChI=1S/C24H32N4O5S/c1-24(2,12-7-13-25)17-28(34(32,33)20-11-6-10-19(26)15-20)16-22(29)21(27-23(30)31)14-18-8-4-3-5-9-18/h3-6,8-11,15,21-22,27,29H,7,12,14,16-17,26H2,1-2H3,(H,30,31)/t21-,22-/m0/s1. The van der Waals surface area contributed by atoms with Gasteiger partial charge in [-0.15, -0.1) is 0 Å². The molecule has 2 atom stereocenters. The monoisotopic (exact) mass is 488 g/mol. The van der Waals surface area contributed by atoms with Crippen molar-refractivity contribution in [2.45, 2.75) is 50.2 Å². The molecular formula is C24H32N4O5S. The fourth-order valence-electron chi connectivity index (χ4n) is 3.67. The normalized spacial score (nSPS) is 13.7. The van der Waals surface area contributed by atoms with Crippen LogP contribution in [-0.2, 0) is 16.4 Å². The van der Waals surface area contributed by atoms with Crippen molar-refractivity contribution < 1.29 is 23.4 Å². The van der Waals surface area contributed by atoms with E-state index in [0.717, 1.165) is 9.87 Å². The van der Waals surface area contributed by atoms with Crippen LogP contribution in [0.15, 0.2) is 59.5 Å². The van der Waals surface area contributed by atoms with Gasteiger partial charge in [-0.3, -0.25) is 0 Å². The lowest BCUT2D eigenvalue weighted by atomic mass is 9.88. The van der Waals surface area contributed by atoms with Crippen molar-refractivity contribution in [3.8, 4) is 6.07 Å². The van der Waals surface area contributed by atoms with Crippen LogP contribution in [-0.4, -0.2) is 54.3 Å². The Hall–Kier alpha value is -3.13. The first kappa shape index (κ1) is 27.1. The maximum Gasteiger partial charge on any atom is 0.404 e. The SMILES string of the molecule is CC(C)(CCC#N)CN(C[C@H](O)[C@H](Cc1ccccc1)NC(=O)O)S(=O)(=O)c1cccc(N)c1. The molecule has 0 aliphatic rings. The van der Waals surface area contributed by atoms with E-state index in [2.05, 4.69) is 11.4 Å². The number of nitrogens with zero attached hydrogens (tertiary/aromatic N) is 2. The fourth-order valence-corrected chi connectivity index (χ4v) is 5.37. The van der Waals surface area contributed by atoms with Crippen molar-refractivity contribution >= 4 is 21.8 Å². The Kier molecular flexibility index (Phi) is 9.44. The van der Waals surface area contributed by atoms with Crippen LogP contribution in [0.4, 0.5) is 10.5 Å². The lowest BCUT2D eigenvalue weighted by Gasteiger charge is -2.34. The highest BCUT2D eigenvalue weighted by atomic mass is 32.2. The smallest absolute Gasteiger partial charge is 0.404 e. The molecule has 10 heteroatoms. The van der Waals surface area contributed by atoms with Gasteiger partial charge in [-0.1, -0.05) is 50.2 Å². The summed E-state index contributed by atoms with van der Waals surface area (Å²) in [6, 6.07) is 16.0. The molecule has 0 fully saturated rings. The molecule has 5 N–H and O–H groups in total. The average Bonchev–Trinajstić information content (AvgIpc) is 2.77. The number of sulfonamides is 1. The second-order valence-electron chi connectivity index (χ2n) is 9.01. The summed E-state index contributed by atoms with van der Waals surface area (Å²) in [5, 5.41) is 31.6. The molecule has 0 unspecified atom stereocenters. The van der Waals surface area contributed by atoms with Gasteiger partial charge in [0.05, 0.1) is 23.1 Å². The second kappa shape index (κ2) is 11.8. The number of aliphatic hydroxyl groups is 1. The van der Waals surface area contributed by atoms with Crippen LogP contribution in [0, 0.1) is 16.7 Å². The van der Waals surface area contributed by atoms with E-state index in [4.69, 9.17) is 11.0 Å². The zero-order chi connectivity index (χ0) is 25.4. The molecule has 0 aromatic heterocycles. The number of anilines is 1. The first-order valence-corrected chi connectivity index (χ1v) is 12.3. The Labute approximate surface area is 200 Å². The summed E-state index contributed by atoms with van der Waals surface area (Å²) < 4.78 is 28.2. The van der Waals surface area contributed by atoms with Gasteiger partial charge in [0.1, 0.15) is 0 Å². The number of nitriles is 1. The van der Waals surface area contributed by atoms with Crippen molar-refractivity contribution in [3.05, 3.63) is 60.2 Å². The summed E-state index contributed by atoms with van der Waals surface area (Å²) in [6.45, 7) is 3.37. The first-order chi connectivity index (χ1) is 15.9. The quantitative estimate of drug-likeness (QED) is 0.335. The number of carboxylic acid groups (broad SMARTS) is 1. The summed E-state index contributed by atoms with van der Waals surface area (Å²) in [6.07, 6.45) is -1.78. The Morgan fingerprint density at radius 1 is 1.21 bits per heavy atom. The van der Waals surface area contributed by atoms with Gasteiger partial charge in [-0.2, -0.15) is 9.57 Å². The van der Waals surface area contributed by atoms with Crippen molar-refractivity contribution in [2.24, 2.45) is 5.41 Å². The summed E-state index contributed by atoms with van der Waals surface area (Å²) in [5.41, 5.74) is 6.29. The van der Waals surface area contributed by atoms with E-state index >= 15 is 0 Å². The zero-order valence-corrected chi connectivity index (χ0v) is 20.2. The Morgan fingerprint density at radius 3 is 2.47 bits per heavy atom. The molecule has 0 aliphatic carbocycles. The molecule has 0 aliphatic heterocycles. The van der Waals surface area contributed by atoms with Gasteiger partial charge >= 0.3 is 6.09 Å². The maximum absolute atomic E-state index is 13.5. The van der Waals surface area contributed by atoms with Crippen molar-refractivity contribution in [3.63, 3.8) is 0 Å². The van der Waals surface area contributed by atoms with Crippen LogP contribution in [0.3, 0.4) is 0 Å². The number of nitrogens with two attached hydrogens (primary N) is 1. The van der Waals surface area contributed by atoms with Crippen molar-refractivity contribution in [1.29, 1.82) is 5.26 Å². The number of aliphatic hydroxyl groups excluding tert-OH is 1. The highest BCUT2D eigenvalue weighted by Crippen LogP contribution is 2.28. The molecule has 184 valence electrons. The number of hydrogen-bond donors (Lipinski definition) is 4. The number of benzene rings is 2. The lowest BCUT2D eigenvalue weighted by molar-refractivity contribution is 0.0908. The van der Waals surface area contributed by atoms with E-state index in [1.807, 2.05) is 19.9 Å². The lowest BCUT2D eigenvalue weighted by Crippen LogP contribution is -2.51. The summed E-state index contributed by atoms with van der Waals surface area (Å²) in [7, 11) is -4.08. The van der Waals surface area contributed by atoms with Gasteiger partial charge in [-0.05, 0) is 42.0 Å². The number of carbonyl (C=O) groups is 1. The molecule has 0 spiro atoms. The van der Waals surface area contributed by atoms with Crippen LogP contribution < -0.4 is 11.1 Å². The van der Waals surface area contributed by atoms with Crippen molar-refractivity contribution in [2.75, 3.05) is 18.8 Å². The first-order valence-electron chi connectivity index (χ1n) is 10.9. The highest BCUT2D eigenvalue weighted by Gasteiger charge is 2.34. The summed E-state index contributed by atoms with van der Waals surface area (Å²) in [5.74, 6) is 0. The number of nitrogen functional groups attached to an aromatic ring is 1. The van der Waals surface area contributed by atoms with Crippen LogP contribution in [0.1, 0.15) is 32.3 Å². The number of amides is 1. The molecule has 2 rings (SSSR count). The van der Waals surface area contributed by atoms with Gasteiger partial charge in [0.2, 0.25) is 10.0 Å². The van der Waals surface area contributed by atoms with Crippen LogP contribution >= 0.6 is 0 Å². The molecule has 34 heavy (non-hydrogen) atoms. The molecule has 9 nitrogen and oxygen atoms in total. The van der Waals surface area contributed by atoms with E-state index in [1.54, 1.807) is 30.3 Å².